The number of aromatic nitrogens is 2. The van der Waals surface area contributed by atoms with Crippen LogP contribution in [0.3, 0.4) is 0 Å². The lowest BCUT2D eigenvalue weighted by molar-refractivity contribution is -0.128. The monoisotopic (exact) mass is 459 g/mol. The molecule has 1 aromatic heterocycles. The number of benzene rings is 3. The highest BCUT2D eigenvalue weighted by molar-refractivity contribution is 5.81. The number of para-hydroxylation sites is 4. The van der Waals surface area contributed by atoms with Gasteiger partial charge in [-0.2, -0.15) is 0 Å². The number of carbonyl (C=O) groups excluding carboxylic acids is 1. The number of hydrogen-bond acceptors (Lipinski definition) is 4. The van der Waals surface area contributed by atoms with Gasteiger partial charge in [0.25, 0.3) is 0 Å². The summed E-state index contributed by atoms with van der Waals surface area (Å²) in [5.74, 6) is 2.05. The molecule has 4 aromatic rings. The zero-order valence-electron chi connectivity index (χ0n) is 19.0. The van der Waals surface area contributed by atoms with E-state index in [2.05, 4.69) is 4.57 Å². The maximum Gasteiger partial charge on any atom is 0.223 e. The lowest BCUT2D eigenvalue weighted by Gasteiger charge is -2.18. The summed E-state index contributed by atoms with van der Waals surface area (Å²) in [4.78, 5) is 19.5. The molecule has 0 aliphatic carbocycles. The quantitative estimate of drug-likeness (QED) is 0.381. The normalized spacial score (nSPS) is 15.8. The van der Waals surface area contributed by atoms with Gasteiger partial charge in [0.05, 0.1) is 24.7 Å². The van der Waals surface area contributed by atoms with Crippen LogP contribution in [0.4, 0.5) is 4.39 Å². The van der Waals surface area contributed by atoms with E-state index in [1.807, 2.05) is 53.4 Å². The average Bonchev–Trinajstić information content (AvgIpc) is 3.41. The number of halogens is 1. The van der Waals surface area contributed by atoms with Crippen molar-refractivity contribution in [3.63, 3.8) is 0 Å². The molecule has 1 aliphatic rings. The largest absolute Gasteiger partial charge is 0.493 e. The summed E-state index contributed by atoms with van der Waals surface area (Å²) in [5, 5.41) is 0. The van der Waals surface area contributed by atoms with Crippen molar-refractivity contribution in [2.75, 3.05) is 20.3 Å². The van der Waals surface area contributed by atoms with Gasteiger partial charge < -0.3 is 18.9 Å². The van der Waals surface area contributed by atoms with E-state index in [-0.39, 0.29) is 17.6 Å². The van der Waals surface area contributed by atoms with Crippen LogP contribution in [0.2, 0.25) is 0 Å². The highest BCUT2D eigenvalue weighted by Crippen LogP contribution is 2.32. The number of imidazole rings is 1. The number of amides is 1. The molecule has 1 amide bonds. The Bertz CT molecular complexity index is 1300. The molecule has 0 N–H and O–H groups in total. The average molecular weight is 460 g/mol. The fourth-order valence-electron chi connectivity index (χ4n) is 4.53. The first-order valence-electron chi connectivity index (χ1n) is 11.4. The van der Waals surface area contributed by atoms with E-state index in [9.17, 15) is 9.18 Å². The third kappa shape index (κ3) is 4.46. The number of nitrogens with zero attached hydrogens (tertiary/aromatic N) is 3. The Kier molecular flexibility index (Phi) is 6.16. The van der Waals surface area contributed by atoms with Gasteiger partial charge in [-0.25, -0.2) is 9.37 Å². The minimum Gasteiger partial charge on any atom is -0.493 e. The van der Waals surface area contributed by atoms with Gasteiger partial charge in [0.2, 0.25) is 5.91 Å². The van der Waals surface area contributed by atoms with Crippen LogP contribution in [0.5, 0.6) is 11.5 Å². The molecule has 0 bridgehead atoms. The van der Waals surface area contributed by atoms with Crippen molar-refractivity contribution < 1.29 is 18.7 Å². The smallest absolute Gasteiger partial charge is 0.223 e. The summed E-state index contributed by atoms with van der Waals surface area (Å²) in [6.45, 7) is 2.07. The molecular formula is C27H26FN3O3. The van der Waals surface area contributed by atoms with E-state index in [4.69, 9.17) is 14.5 Å². The topological polar surface area (TPSA) is 56.6 Å². The van der Waals surface area contributed by atoms with Crippen molar-refractivity contribution in [2.45, 2.75) is 25.4 Å². The SMILES string of the molecule is COc1ccccc1OCCn1c(C2CC(=O)N(Cc3ccc(F)cc3)C2)nc2ccccc21. The summed E-state index contributed by atoms with van der Waals surface area (Å²) in [6, 6.07) is 21.9. The summed E-state index contributed by atoms with van der Waals surface area (Å²) in [7, 11) is 1.62. The Hall–Kier alpha value is -3.87. The molecule has 0 radical (unpaired) electrons. The molecule has 34 heavy (non-hydrogen) atoms. The molecule has 5 rings (SSSR count). The van der Waals surface area contributed by atoms with Crippen molar-refractivity contribution >= 4 is 16.9 Å². The van der Waals surface area contributed by atoms with Crippen LogP contribution in [0.25, 0.3) is 11.0 Å². The van der Waals surface area contributed by atoms with E-state index in [1.54, 1.807) is 19.2 Å². The van der Waals surface area contributed by atoms with Crippen LogP contribution in [0.1, 0.15) is 23.7 Å². The minimum atomic E-state index is -0.279. The molecule has 7 heteroatoms. The summed E-state index contributed by atoms with van der Waals surface area (Å²) in [6.07, 6.45) is 0.401. The van der Waals surface area contributed by atoms with Gasteiger partial charge in [-0.1, -0.05) is 36.4 Å². The van der Waals surface area contributed by atoms with Gasteiger partial charge in [0.1, 0.15) is 18.2 Å². The van der Waals surface area contributed by atoms with Crippen LogP contribution in [-0.4, -0.2) is 40.6 Å². The van der Waals surface area contributed by atoms with E-state index < -0.39 is 0 Å². The molecular weight excluding hydrogens is 433 g/mol. The molecule has 3 aromatic carbocycles. The number of likely N-dealkylation sites (tertiary alicyclic amines) is 1. The molecule has 174 valence electrons. The highest BCUT2D eigenvalue weighted by Gasteiger charge is 2.34. The fraction of sp³-hybridized carbons (Fsp3) is 0.259. The predicted octanol–water partition coefficient (Wildman–Crippen LogP) is 4.78. The third-order valence-corrected chi connectivity index (χ3v) is 6.19. The second-order valence-corrected chi connectivity index (χ2v) is 8.41. The predicted molar refractivity (Wildman–Crippen MR) is 127 cm³/mol. The minimum absolute atomic E-state index is 0.0217. The summed E-state index contributed by atoms with van der Waals surface area (Å²) < 4.78 is 26.8. The molecule has 1 fully saturated rings. The molecule has 1 saturated heterocycles. The van der Waals surface area contributed by atoms with Gasteiger partial charge in [-0.05, 0) is 42.0 Å². The summed E-state index contributed by atoms with van der Waals surface area (Å²) >= 11 is 0. The van der Waals surface area contributed by atoms with E-state index in [0.717, 1.165) is 22.4 Å². The Morgan fingerprint density at radius 1 is 1.00 bits per heavy atom. The number of ether oxygens (including phenoxy) is 2. The molecule has 0 spiro atoms. The number of methoxy groups -OCH3 is 1. The van der Waals surface area contributed by atoms with Crippen LogP contribution < -0.4 is 9.47 Å². The van der Waals surface area contributed by atoms with Crippen molar-refractivity contribution in [1.82, 2.24) is 14.5 Å². The van der Waals surface area contributed by atoms with Crippen molar-refractivity contribution in [1.29, 1.82) is 0 Å². The molecule has 1 atom stereocenters. The lowest BCUT2D eigenvalue weighted by Crippen LogP contribution is -2.24. The van der Waals surface area contributed by atoms with Gasteiger partial charge in [0.15, 0.2) is 11.5 Å². The fourth-order valence-corrected chi connectivity index (χ4v) is 4.53. The first kappa shape index (κ1) is 21.9. The van der Waals surface area contributed by atoms with Crippen LogP contribution >= 0.6 is 0 Å². The maximum absolute atomic E-state index is 13.2. The Balaban J connectivity index is 1.35. The first-order chi connectivity index (χ1) is 16.6. The number of fused-ring (bicyclic) bond motifs is 1. The van der Waals surface area contributed by atoms with Gasteiger partial charge in [-0.3, -0.25) is 4.79 Å². The maximum atomic E-state index is 13.2. The molecule has 1 unspecified atom stereocenters. The Labute approximate surface area is 197 Å². The second-order valence-electron chi connectivity index (χ2n) is 8.41. The zero-order chi connectivity index (χ0) is 23.5. The van der Waals surface area contributed by atoms with E-state index in [0.29, 0.717) is 44.2 Å². The van der Waals surface area contributed by atoms with Gasteiger partial charge >= 0.3 is 0 Å². The van der Waals surface area contributed by atoms with E-state index >= 15 is 0 Å². The zero-order valence-corrected chi connectivity index (χ0v) is 19.0. The van der Waals surface area contributed by atoms with Crippen LogP contribution in [0, 0.1) is 5.82 Å². The third-order valence-electron chi connectivity index (χ3n) is 6.19. The molecule has 2 heterocycles. The molecule has 1 aliphatic heterocycles. The van der Waals surface area contributed by atoms with Crippen molar-refractivity contribution in [2.24, 2.45) is 0 Å². The number of hydrogen-bond donors (Lipinski definition) is 0. The standard InChI is InChI=1S/C27H26FN3O3/c1-33-24-8-4-5-9-25(24)34-15-14-31-23-7-3-2-6-22(23)29-27(31)20-16-26(32)30(18-20)17-19-10-12-21(28)13-11-19/h2-13,20H,14-18H2,1H3. The van der Waals surface area contributed by atoms with Gasteiger partial charge in [0, 0.05) is 25.4 Å². The molecule has 0 saturated carbocycles. The lowest BCUT2D eigenvalue weighted by atomic mass is 10.1. The van der Waals surface area contributed by atoms with Crippen LogP contribution in [0.15, 0.2) is 72.8 Å². The molecule has 6 nitrogen and oxygen atoms in total. The Morgan fingerprint density at radius 2 is 1.74 bits per heavy atom. The number of rotatable bonds is 8. The first-order valence-corrected chi connectivity index (χ1v) is 11.4. The second kappa shape index (κ2) is 9.55. The van der Waals surface area contributed by atoms with Crippen LogP contribution in [-0.2, 0) is 17.9 Å². The number of carbonyl (C=O) groups is 1. The van der Waals surface area contributed by atoms with Crippen molar-refractivity contribution in [3.8, 4) is 11.5 Å². The van der Waals surface area contributed by atoms with E-state index in [1.165, 1.54) is 12.1 Å². The van der Waals surface area contributed by atoms with Gasteiger partial charge in [-0.15, -0.1) is 0 Å². The summed E-state index contributed by atoms with van der Waals surface area (Å²) in [5.41, 5.74) is 2.83. The highest BCUT2D eigenvalue weighted by atomic mass is 19.1. The Morgan fingerprint density at radius 3 is 2.53 bits per heavy atom. The van der Waals surface area contributed by atoms with Crippen molar-refractivity contribution in [3.05, 3.63) is 90.0 Å².